The fourth-order valence-electron chi connectivity index (χ4n) is 3.62. The van der Waals surface area contributed by atoms with Gasteiger partial charge < -0.3 is 19.4 Å². The van der Waals surface area contributed by atoms with Crippen LogP contribution in [0.4, 0.5) is 0 Å². The lowest BCUT2D eigenvalue weighted by atomic mass is 10.0. The lowest BCUT2D eigenvalue weighted by Crippen LogP contribution is -2.39. The van der Waals surface area contributed by atoms with Crippen molar-refractivity contribution in [1.82, 2.24) is 19.6 Å². The molecule has 0 aliphatic carbocycles. The second-order valence-corrected chi connectivity index (χ2v) is 7.71. The van der Waals surface area contributed by atoms with Crippen LogP contribution in [0.25, 0.3) is 16.9 Å². The Morgan fingerprint density at radius 3 is 2.27 bits per heavy atom. The summed E-state index contributed by atoms with van der Waals surface area (Å²) in [5, 5.41) is 2.65. The van der Waals surface area contributed by atoms with Gasteiger partial charge >= 0.3 is 0 Å². The average Bonchev–Trinajstić information content (AvgIpc) is 3.15. The zero-order valence-electron chi connectivity index (χ0n) is 20.0. The summed E-state index contributed by atoms with van der Waals surface area (Å²) < 4.78 is 7.15. The minimum Gasteiger partial charge on any atom is -0.378 e. The van der Waals surface area contributed by atoms with Gasteiger partial charge in [-0.2, -0.15) is 0 Å². The van der Waals surface area contributed by atoms with E-state index in [2.05, 4.69) is 48.5 Å². The predicted octanol–water partition coefficient (Wildman–Crippen LogP) is 3.40. The van der Waals surface area contributed by atoms with Crippen molar-refractivity contribution < 1.29 is 14.3 Å². The van der Waals surface area contributed by atoms with E-state index in [1.54, 1.807) is 18.9 Å². The van der Waals surface area contributed by atoms with Gasteiger partial charge in [0.1, 0.15) is 5.65 Å². The van der Waals surface area contributed by atoms with Gasteiger partial charge in [-0.1, -0.05) is 6.07 Å². The van der Waals surface area contributed by atoms with E-state index in [0.717, 1.165) is 41.3 Å². The van der Waals surface area contributed by atoms with Crippen LogP contribution in [0.3, 0.4) is 0 Å². The average molecular weight is 449 g/mol. The summed E-state index contributed by atoms with van der Waals surface area (Å²) in [6.45, 7) is 10.6. The van der Waals surface area contributed by atoms with Gasteiger partial charge in [-0.3, -0.25) is 9.59 Å². The van der Waals surface area contributed by atoms with Gasteiger partial charge in [0.05, 0.1) is 18.9 Å². The number of nitrogens with zero attached hydrogens (tertiary/aromatic N) is 3. The Hall–Kier alpha value is -3.63. The van der Waals surface area contributed by atoms with Crippen molar-refractivity contribution in [1.29, 1.82) is 0 Å². The molecular weight excluding hydrogens is 416 g/mol. The molecule has 0 spiro atoms. The molecule has 3 heterocycles. The minimum atomic E-state index is -0.0722. The third kappa shape index (κ3) is 6.21. The molecule has 1 aromatic carbocycles. The molecule has 1 aliphatic rings. The van der Waals surface area contributed by atoms with Gasteiger partial charge in [-0.25, -0.2) is 4.98 Å². The maximum Gasteiger partial charge on any atom is 0.251 e. The highest BCUT2D eigenvalue weighted by atomic mass is 16.5. The fraction of sp³-hybridized carbons (Fsp3) is 0.346. The smallest absolute Gasteiger partial charge is 0.251 e. The largest absolute Gasteiger partial charge is 0.378 e. The van der Waals surface area contributed by atoms with Crippen molar-refractivity contribution in [3.63, 3.8) is 0 Å². The minimum absolute atomic E-state index is 0.0722. The molecule has 0 saturated carbocycles. The normalized spacial score (nSPS) is 12.8. The number of aromatic nitrogens is 2. The highest BCUT2D eigenvalue weighted by Crippen LogP contribution is 2.27. The number of carbonyl (C=O) groups excluding carboxylic acids is 2. The number of amides is 2. The number of aryl methyl sites for hydroxylation is 3. The maximum atomic E-state index is 11.7. The number of hydrogen-bond acceptors (Lipinski definition) is 4. The van der Waals surface area contributed by atoms with Crippen LogP contribution in [0.15, 0.2) is 36.5 Å². The van der Waals surface area contributed by atoms with Crippen molar-refractivity contribution in [2.24, 2.45) is 0 Å². The Morgan fingerprint density at radius 2 is 1.73 bits per heavy atom. The van der Waals surface area contributed by atoms with Gasteiger partial charge in [0.15, 0.2) is 0 Å². The highest BCUT2D eigenvalue weighted by Gasteiger charge is 2.14. The third-order valence-corrected chi connectivity index (χ3v) is 5.45. The molecule has 1 N–H and O–H groups in total. The first-order chi connectivity index (χ1) is 15.8. The lowest BCUT2D eigenvalue weighted by Gasteiger charge is -2.25. The molecular formula is C26H32N4O3. The molecule has 2 aromatic heterocycles. The van der Waals surface area contributed by atoms with Crippen molar-refractivity contribution in [3.8, 4) is 24.1 Å². The summed E-state index contributed by atoms with van der Waals surface area (Å²) in [7, 11) is 1.64. The van der Waals surface area contributed by atoms with E-state index >= 15 is 0 Å². The number of ether oxygens (including phenoxy) is 1. The van der Waals surface area contributed by atoms with Crippen LogP contribution in [-0.4, -0.2) is 59.4 Å². The Morgan fingerprint density at radius 1 is 1.06 bits per heavy atom. The number of terminal acetylenes is 1. The SMILES string of the molecule is C#C.CC(=O)N1CCOCC1.CNC(=O)c1ccc(-c2nc3cc(C)ccn3c2C)c(C)c1. The number of benzene rings is 1. The molecule has 1 aliphatic heterocycles. The van der Waals surface area contributed by atoms with Crippen LogP contribution in [0.1, 0.15) is 34.1 Å². The number of fused-ring (bicyclic) bond motifs is 1. The van der Waals surface area contributed by atoms with E-state index in [1.165, 1.54) is 5.56 Å². The van der Waals surface area contributed by atoms with Crippen LogP contribution in [-0.2, 0) is 9.53 Å². The predicted molar refractivity (Wildman–Crippen MR) is 131 cm³/mol. The van der Waals surface area contributed by atoms with E-state index in [4.69, 9.17) is 9.72 Å². The van der Waals surface area contributed by atoms with Crippen LogP contribution in [0.5, 0.6) is 0 Å². The number of carbonyl (C=O) groups is 2. The van der Waals surface area contributed by atoms with Crippen molar-refractivity contribution in [2.45, 2.75) is 27.7 Å². The van der Waals surface area contributed by atoms with Gasteiger partial charge in [0, 0.05) is 50.1 Å². The standard InChI is InChI=1S/C18H19N3O.C6H11NO2.C2H2/c1-11-7-8-21-13(3)17(20-16(21)9-11)15-6-5-14(10-12(15)2)18(22)19-4;1-6(8)7-2-4-9-5-3-7;1-2/h5-10H,1-4H3,(H,19,22);2-5H2,1H3;1-2H. The first-order valence-electron chi connectivity index (χ1n) is 10.8. The Bertz CT molecular complexity index is 1140. The Labute approximate surface area is 195 Å². The van der Waals surface area contributed by atoms with Crippen LogP contribution in [0, 0.1) is 33.6 Å². The van der Waals surface area contributed by atoms with Gasteiger partial charge in [-0.05, 0) is 56.2 Å². The molecule has 1 saturated heterocycles. The second kappa shape index (κ2) is 11.8. The van der Waals surface area contributed by atoms with E-state index in [9.17, 15) is 9.59 Å². The van der Waals surface area contributed by atoms with Crippen molar-refractivity contribution >= 4 is 17.5 Å². The zero-order chi connectivity index (χ0) is 24.5. The number of morpholine rings is 1. The first kappa shape index (κ1) is 25.6. The summed E-state index contributed by atoms with van der Waals surface area (Å²) in [6.07, 6.45) is 10.0. The molecule has 33 heavy (non-hydrogen) atoms. The van der Waals surface area contributed by atoms with Crippen molar-refractivity contribution in [3.05, 3.63) is 58.9 Å². The topological polar surface area (TPSA) is 75.9 Å². The number of nitrogens with one attached hydrogen (secondary N) is 1. The van der Waals surface area contributed by atoms with Crippen molar-refractivity contribution in [2.75, 3.05) is 33.4 Å². The molecule has 3 aromatic rings. The van der Waals surface area contributed by atoms with Crippen LogP contribution < -0.4 is 5.32 Å². The van der Waals surface area contributed by atoms with Crippen LogP contribution in [0.2, 0.25) is 0 Å². The third-order valence-electron chi connectivity index (χ3n) is 5.45. The number of pyridine rings is 1. The molecule has 4 rings (SSSR count). The number of hydrogen-bond donors (Lipinski definition) is 1. The maximum absolute atomic E-state index is 11.7. The number of imidazole rings is 1. The molecule has 2 amide bonds. The summed E-state index contributed by atoms with van der Waals surface area (Å²) in [5.41, 5.74) is 6.98. The molecule has 0 bridgehead atoms. The van der Waals surface area contributed by atoms with Gasteiger partial charge in [0.25, 0.3) is 5.91 Å². The lowest BCUT2D eigenvalue weighted by molar-refractivity contribution is -0.132. The number of rotatable bonds is 2. The molecule has 1 fully saturated rings. The van der Waals surface area contributed by atoms with E-state index < -0.39 is 0 Å². The molecule has 0 unspecified atom stereocenters. The van der Waals surface area contributed by atoms with Gasteiger partial charge in [0.2, 0.25) is 5.91 Å². The second-order valence-electron chi connectivity index (χ2n) is 7.71. The summed E-state index contributed by atoms with van der Waals surface area (Å²) in [4.78, 5) is 29.0. The summed E-state index contributed by atoms with van der Waals surface area (Å²) in [6, 6.07) is 9.87. The Balaban J connectivity index is 0.000000293. The van der Waals surface area contributed by atoms with Gasteiger partial charge in [-0.15, -0.1) is 12.8 Å². The fourth-order valence-corrected chi connectivity index (χ4v) is 3.62. The van der Waals surface area contributed by atoms with E-state index in [-0.39, 0.29) is 11.8 Å². The molecule has 0 atom stereocenters. The summed E-state index contributed by atoms with van der Waals surface area (Å²) >= 11 is 0. The molecule has 174 valence electrons. The Kier molecular flexibility index (Phi) is 9.19. The van der Waals surface area contributed by atoms with E-state index in [1.807, 2.05) is 31.3 Å². The molecule has 7 heteroatoms. The zero-order valence-corrected chi connectivity index (χ0v) is 20.0. The molecule has 0 radical (unpaired) electrons. The first-order valence-corrected chi connectivity index (χ1v) is 10.8. The highest BCUT2D eigenvalue weighted by molar-refractivity contribution is 5.94. The monoisotopic (exact) mass is 448 g/mol. The summed E-state index contributed by atoms with van der Waals surface area (Å²) in [5.74, 6) is 0.0790. The molecule has 7 nitrogen and oxygen atoms in total. The van der Waals surface area contributed by atoms with Crippen LogP contribution >= 0.6 is 0 Å². The van der Waals surface area contributed by atoms with E-state index in [0.29, 0.717) is 18.8 Å². The quantitative estimate of drug-likeness (QED) is 0.610.